The van der Waals surface area contributed by atoms with E-state index in [1.807, 2.05) is 18.2 Å². The molecule has 3 rings (SSSR count). The lowest BCUT2D eigenvalue weighted by Crippen LogP contribution is -2.19. The van der Waals surface area contributed by atoms with Gasteiger partial charge in [-0.1, -0.05) is 41.6 Å². The first-order chi connectivity index (χ1) is 12.4. The first-order valence-corrected chi connectivity index (χ1v) is 8.67. The summed E-state index contributed by atoms with van der Waals surface area (Å²) in [6.45, 7) is 4.05. The van der Waals surface area contributed by atoms with Crippen molar-refractivity contribution in [2.45, 2.75) is 45.5 Å². The van der Waals surface area contributed by atoms with Gasteiger partial charge >= 0.3 is 0 Å². The van der Waals surface area contributed by atoms with Gasteiger partial charge in [0.05, 0.1) is 12.2 Å². The summed E-state index contributed by atoms with van der Waals surface area (Å²) in [4.78, 5) is 12.1. The van der Waals surface area contributed by atoms with Crippen LogP contribution in [0.2, 0.25) is 0 Å². The molecular formula is C21H23NO4. The number of rotatable bonds is 8. The van der Waals surface area contributed by atoms with E-state index in [4.69, 9.17) is 9.26 Å². The minimum atomic E-state index is -0.870. The number of ketones is 1. The molecule has 1 heterocycles. The molecule has 0 aliphatic carbocycles. The molecule has 5 nitrogen and oxygen atoms in total. The fourth-order valence-corrected chi connectivity index (χ4v) is 2.66. The van der Waals surface area contributed by atoms with Crippen molar-refractivity contribution in [1.82, 2.24) is 5.16 Å². The molecular weight excluding hydrogens is 330 g/mol. The smallest absolute Gasteiger partial charge is 0.184 e. The van der Waals surface area contributed by atoms with Crippen molar-refractivity contribution >= 4 is 16.6 Å². The molecule has 0 saturated heterocycles. The predicted octanol–water partition coefficient (Wildman–Crippen LogP) is 4.28. The van der Waals surface area contributed by atoms with E-state index in [9.17, 15) is 9.90 Å². The maximum atomic E-state index is 12.1. The van der Waals surface area contributed by atoms with E-state index >= 15 is 0 Å². The zero-order valence-corrected chi connectivity index (χ0v) is 15.1. The van der Waals surface area contributed by atoms with Gasteiger partial charge in [-0.15, -0.1) is 0 Å². The number of fused-ring (bicyclic) bond motifs is 1. The zero-order valence-electron chi connectivity index (χ0n) is 15.1. The monoisotopic (exact) mass is 353 g/mol. The van der Waals surface area contributed by atoms with Crippen molar-refractivity contribution in [2.75, 3.05) is 0 Å². The van der Waals surface area contributed by atoms with Crippen LogP contribution in [0.15, 0.2) is 53.1 Å². The van der Waals surface area contributed by atoms with Crippen LogP contribution in [-0.2, 0) is 18.0 Å². The molecule has 26 heavy (non-hydrogen) atoms. The quantitative estimate of drug-likeness (QED) is 0.612. The summed E-state index contributed by atoms with van der Waals surface area (Å²) < 4.78 is 10.8. The van der Waals surface area contributed by atoms with E-state index in [-0.39, 0.29) is 24.5 Å². The first kappa shape index (κ1) is 18.3. The fraction of sp³-hybridized carbons (Fsp3) is 0.333. The van der Waals surface area contributed by atoms with Crippen molar-refractivity contribution in [3.05, 3.63) is 65.5 Å². The van der Waals surface area contributed by atoms with E-state index in [0.29, 0.717) is 18.8 Å². The SMILES string of the molecule is CC(C)(O)CCC(=O)c1cc(COCc2ccc3ccccc3c2)on1. The van der Waals surface area contributed by atoms with Gasteiger partial charge in [0.1, 0.15) is 12.3 Å². The van der Waals surface area contributed by atoms with Crippen LogP contribution in [-0.4, -0.2) is 21.6 Å². The molecule has 136 valence electrons. The Bertz CT molecular complexity index is 892. The molecule has 0 radical (unpaired) electrons. The Hall–Kier alpha value is -2.50. The number of nitrogens with zero attached hydrogens (tertiary/aromatic N) is 1. The number of benzene rings is 2. The second-order valence-corrected chi connectivity index (χ2v) is 7.09. The van der Waals surface area contributed by atoms with Crippen molar-refractivity contribution in [3.8, 4) is 0 Å². The Morgan fingerprint density at radius 3 is 2.65 bits per heavy atom. The van der Waals surface area contributed by atoms with Gasteiger partial charge in [0.2, 0.25) is 0 Å². The second kappa shape index (κ2) is 7.81. The van der Waals surface area contributed by atoms with Gasteiger partial charge in [-0.05, 0) is 42.7 Å². The lowest BCUT2D eigenvalue weighted by molar-refractivity contribution is 0.0630. The topological polar surface area (TPSA) is 72.6 Å². The lowest BCUT2D eigenvalue weighted by atomic mass is 10.0. The molecule has 0 aliphatic heterocycles. The van der Waals surface area contributed by atoms with Gasteiger partial charge in [-0.3, -0.25) is 4.79 Å². The summed E-state index contributed by atoms with van der Waals surface area (Å²) >= 11 is 0. The average Bonchev–Trinajstić information content (AvgIpc) is 3.08. The molecule has 0 aliphatic rings. The molecule has 0 atom stereocenters. The molecule has 0 unspecified atom stereocenters. The number of carbonyl (C=O) groups excluding carboxylic acids is 1. The molecule has 1 N–H and O–H groups in total. The summed E-state index contributed by atoms with van der Waals surface area (Å²) in [5.41, 5.74) is 0.480. The van der Waals surface area contributed by atoms with Crippen LogP contribution in [0.3, 0.4) is 0 Å². The van der Waals surface area contributed by atoms with E-state index < -0.39 is 5.60 Å². The summed E-state index contributed by atoms with van der Waals surface area (Å²) in [6.07, 6.45) is 0.611. The Morgan fingerprint density at radius 1 is 1.12 bits per heavy atom. The molecule has 3 aromatic rings. The minimum Gasteiger partial charge on any atom is -0.390 e. The fourth-order valence-electron chi connectivity index (χ4n) is 2.66. The molecule has 0 saturated carbocycles. The van der Waals surface area contributed by atoms with Crippen molar-refractivity contribution in [3.63, 3.8) is 0 Å². The highest BCUT2D eigenvalue weighted by Gasteiger charge is 2.18. The predicted molar refractivity (Wildman–Crippen MR) is 98.8 cm³/mol. The highest BCUT2D eigenvalue weighted by atomic mass is 16.5. The normalized spacial score (nSPS) is 11.8. The van der Waals surface area contributed by atoms with Crippen LogP contribution in [0.5, 0.6) is 0 Å². The lowest BCUT2D eigenvalue weighted by Gasteiger charge is -2.15. The van der Waals surface area contributed by atoms with Crippen LogP contribution in [0, 0.1) is 0 Å². The van der Waals surface area contributed by atoms with E-state index in [0.717, 1.165) is 5.56 Å². The highest BCUT2D eigenvalue weighted by molar-refractivity contribution is 5.94. The van der Waals surface area contributed by atoms with Crippen LogP contribution >= 0.6 is 0 Å². The largest absolute Gasteiger partial charge is 0.390 e. The molecule has 0 bridgehead atoms. The van der Waals surface area contributed by atoms with Crippen molar-refractivity contribution < 1.29 is 19.2 Å². The average molecular weight is 353 g/mol. The second-order valence-electron chi connectivity index (χ2n) is 7.09. The molecule has 0 fully saturated rings. The van der Waals surface area contributed by atoms with Crippen molar-refractivity contribution in [2.24, 2.45) is 0 Å². The first-order valence-electron chi connectivity index (χ1n) is 8.67. The van der Waals surface area contributed by atoms with Crippen molar-refractivity contribution in [1.29, 1.82) is 0 Å². The van der Waals surface area contributed by atoms with E-state index in [1.54, 1.807) is 19.9 Å². The van der Waals surface area contributed by atoms with Gasteiger partial charge in [0.15, 0.2) is 11.5 Å². The minimum absolute atomic E-state index is 0.142. The zero-order chi connectivity index (χ0) is 18.6. The van der Waals surface area contributed by atoms with Gasteiger partial charge in [-0.2, -0.15) is 0 Å². The van der Waals surface area contributed by atoms with Gasteiger partial charge in [0.25, 0.3) is 0 Å². The number of hydrogen-bond acceptors (Lipinski definition) is 5. The maximum absolute atomic E-state index is 12.1. The number of ether oxygens (including phenoxy) is 1. The number of Topliss-reactive ketones (excluding diaryl/α,β-unsaturated/α-hetero) is 1. The van der Waals surface area contributed by atoms with Crippen LogP contribution in [0.4, 0.5) is 0 Å². The third-order valence-electron chi connectivity index (χ3n) is 4.14. The van der Waals surface area contributed by atoms with Gasteiger partial charge in [0, 0.05) is 12.5 Å². The van der Waals surface area contributed by atoms with Crippen LogP contribution < -0.4 is 0 Å². The molecule has 0 spiro atoms. The Labute approximate surface area is 152 Å². The Morgan fingerprint density at radius 2 is 1.88 bits per heavy atom. The van der Waals surface area contributed by atoms with Crippen LogP contribution in [0.1, 0.15) is 48.5 Å². The Balaban J connectivity index is 1.52. The van der Waals surface area contributed by atoms with Gasteiger partial charge in [-0.25, -0.2) is 0 Å². The van der Waals surface area contributed by atoms with Crippen LogP contribution in [0.25, 0.3) is 10.8 Å². The Kier molecular flexibility index (Phi) is 5.49. The summed E-state index contributed by atoms with van der Waals surface area (Å²) in [5.74, 6) is 0.369. The molecule has 1 aromatic heterocycles. The standard InChI is InChI=1S/C21H23NO4/c1-21(2,24)10-9-20(23)19-12-18(26-22-19)14-25-13-15-7-8-16-5-3-4-6-17(16)11-15/h3-8,11-12,24H,9-10,13-14H2,1-2H3. The number of aromatic nitrogens is 1. The molecule has 0 amide bonds. The number of hydrogen-bond donors (Lipinski definition) is 1. The third-order valence-corrected chi connectivity index (χ3v) is 4.14. The number of aliphatic hydroxyl groups is 1. The van der Waals surface area contributed by atoms with Gasteiger partial charge < -0.3 is 14.4 Å². The summed E-state index contributed by atoms with van der Waals surface area (Å²) in [6, 6.07) is 16.0. The van der Waals surface area contributed by atoms with E-state index in [2.05, 4.69) is 29.4 Å². The molecule has 5 heteroatoms. The maximum Gasteiger partial charge on any atom is 0.184 e. The number of carbonyl (C=O) groups is 1. The third kappa shape index (κ3) is 5.00. The van der Waals surface area contributed by atoms with E-state index in [1.165, 1.54) is 10.8 Å². The summed E-state index contributed by atoms with van der Waals surface area (Å²) in [7, 11) is 0. The molecule has 2 aromatic carbocycles. The summed E-state index contributed by atoms with van der Waals surface area (Å²) in [5, 5.41) is 15.9. The highest BCUT2D eigenvalue weighted by Crippen LogP contribution is 2.17.